The lowest BCUT2D eigenvalue weighted by Crippen LogP contribution is -2.13. The molecule has 2 rings (SSSR count). The fourth-order valence-corrected chi connectivity index (χ4v) is 1.79. The van der Waals surface area contributed by atoms with Crippen molar-refractivity contribution < 1.29 is 9.53 Å². The molecule has 5 nitrogen and oxygen atoms in total. The van der Waals surface area contributed by atoms with Crippen molar-refractivity contribution in [1.82, 2.24) is 10.3 Å². The van der Waals surface area contributed by atoms with Crippen molar-refractivity contribution in [1.29, 1.82) is 0 Å². The van der Waals surface area contributed by atoms with Gasteiger partial charge >= 0.3 is 0 Å². The zero-order chi connectivity index (χ0) is 15.1. The van der Waals surface area contributed by atoms with Gasteiger partial charge in [-0.3, -0.25) is 4.79 Å². The first-order valence-corrected chi connectivity index (χ1v) is 6.92. The van der Waals surface area contributed by atoms with Gasteiger partial charge in [-0.1, -0.05) is 13.0 Å². The molecule has 5 heteroatoms. The highest BCUT2D eigenvalue weighted by Gasteiger charge is 2.02. The van der Waals surface area contributed by atoms with Crippen molar-refractivity contribution in [3.05, 3.63) is 53.7 Å². The van der Waals surface area contributed by atoms with E-state index in [1.807, 2.05) is 12.1 Å². The number of carbonyl (C=O) groups excluding carboxylic acids is 1. The zero-order valence-corrected chi connectivity index (χ0v) is 12.0. The molecule has 0 saturated heterocycles. The lowest BCUT2D eigenvalue weighted by molar-refractivity contribution is 0.100. The number of rotatable bonds is 7. The third-order valence-corrected chi connectivity index (χ3v) is 2.91. The summed E-state index contributed by atoms with van der Waals surface area (Å²) in [6, 6.07) is 10.4. The number of hydrogen-bond donors (Lipinski definition) is 2. The molecular formula is C16H19N3O2. The predicted octanol–water partition coefficient (Wildman–Crippen LogP) is 2.47. The first kappa shape index (κ1) is 15.0. The van der Waals surface area contributed by atoms with E-state index in [1.165, 1.54) is 0 Å². The van der Waals surface area contributed by atoms with Crippen LogP contribution in [0.3, 0.4) is 0 Å². The maximum absolute atomic E-state index is 11.0. The van der Waals surface area contributed by atoms with Crippen molar-refractivity contribution in [3.63, 3.8) is 0 Å². The lowest BCUT2D eigenvalue weighted by atomic mass is 10.2. The normalized spacial score (nSPS) is 10.3. The number of nitrogens with zero attached hydrogens (tertiary/aromatic N) is 1. The highest BCUT2D eigenvalue weighted by atomic mass is 16.5. The van der Waals surface area contributed by atoms with Gasteiger partial charge in [0.25, 0.3) is 0 Å². The number of ether oxygens (including phenoxy) is 1. The molecule has 3 N–H and O–H groups in total. The van der Waals surface area contributed by atoms with E-state index in [9.17, 15) is 4.79 Å². The summed E-state index contributed by atoms with van der Waals surface area (Å²) in [6.45, 7) is 3.92. The van der Waals surface area contributed by atoms with E-state index in [2.05, 4.69) is 17.2 Å². The van der Waals surface area contributed by atoms with Gasteiger partial charge in [-0.25, -0.2) is 4.98 Å². The molecule has 0 aliphatic heterocycles. The van der Waals surface area contributed by atoms with E-state index in [1.54, 1.807) is 30.5 Å². The average Bonchev–Trinajstić information content (AvgIpc) is 2.50. The number of pyridine rings is 1. The zero-order valence-electron chi connectivity index (χ0n) is 12.0. The summed E-state index contributed by atoms with van der Waals surface area (Å²) in [4.78, 5) is 15.2. The van der Waals surface area contributed by atoms with Crippen LogP contribution in [0, 0.1) is 0 Å². The molecule has 1 aromatic carbocycles. The lowest BCUT2D eigenvalue weighted by Gasteiger charge is -2.07. The minimum absolute atomic E-state index is 0.452. The Morgan fingerprint density at radius 2 is 2.00 bits per heavy atom. The van der Waals surface area contributed by atoms with Crippen molar-refractivity contribution in [2.75, 3.05) is 6.54 Å². The molecule has 0 atom stereocenters. The maximum Gasteiger partial charge on any atom is 0.248 e. The summed E-state index contributed by atoms with van der Waals surface area (Å²) in [5, 5.41) is 3.31. The molecule has 0 aliphatic rings. The molecular weight excluding hydrogens is 266 g/mol. The Morgan fingerprint density at radius 1 is 1.24 bits per heavy atom. The number of carbonyl (C=O) groups is 1. The van der Waals surface area contributed by atoms with E-state index < -0.39 is 5.91 Å². The molecule has 0 radical (unpaired) electrons. The predicted molar refractivity (Wildman–Crippen MR) is 81.3 cm³/mol. The fraction of sp³-hybridized carbons (Fsp3) is 0.250. The maximum atomic E-state index is 11.0. The monoisotopic (exact) mass is 285 g/mol. The van der Waals surface area contributed by atoms with Crippen LogP contribution in [0.1, 0.15) is 29.3 Å². The number of amides is 1. The number of nitrogens with one attached hydrogen (secondary N) is 1. The first-order chi connectivity index (χ1) is 10.2. The summed E-state index contributed by atoms with van der Waals surface area (Å²) in [6.07, 6.45) is 2.89. The Labute approximate surface area is 124 Å². The van der Waals surface area contributed by atoms with E-state index in [-0.39, 0.29) is 0 Å². The molecule has 0 fully saturated rings. The van der Waals surface area contributed by atoms with E-state index in [4.69, 9.17) is 10.5 Å². The van der Waals surface area contributed by atoms with Gasteiger partial charge in [0.05, 0.1) is 0 Å². The SMILES string of the molecule is CCCNCc1ccc(Oc2ccc(C(N)=O)cc2)nc1. The van der Waals surface area contributed by atoms with Crippen molar-refractivity contribution in [3.8, 4) is 11.6 Å². The Balaban J connectivity index is 1.94. The molecule has 1 heterocycles. The van der Waals surface area contributed by atoms with Gasteiger partial charge in [0, 0.05) is 24.4 Å². The highest BCUT2D eigenvalue weighted by molar-refractivity contribution is 5.92. The van der Waals surface area contributed by atoms with Crippen LogP contribution in [-0.2, 0) is 6.54 Å². The van der Waals surface area contributed by atoms with Crippen LogP contribution in [-0.4, -0.2) is 17.4 Å². The molecule has 2 aromatic rings. The molecule has 0 saturated carbocycles. The highest BCUT2D eigenvalue weighted by Crippen LogP contribution is 2.19. The van der Waals surface area contributed by atoms with Crippen LogP contribution in [0.5, 0.6) is 11.6 Å². The minimum Gasteiger partial charge on any atom is -0.439 e. The van der Waals surface area contributed by atoms with Crippen LogP contribution in [0.2, 0.25) is 0 Å². The average molecular weight is 285 g/mol. The molecule has 1 amide bonds. The van der Waals surface area contributed by atoms with Crippen molar-refractivity contribution in [2.45, 2.75) is 19.9 Å². The van der Waals surface area contributed by atoms with Gasteiger partial charge in [0.2, 0.25) is 11.8 Å². The van der Waals surface area contributed by atoms with Gasteiger partial charge < -0.3 is 15.8 Å². The second-order valence-electron chi connectivity index (χ2n) is 4.67. The molecule has 0 aliphatic carbocycles. The Hall–Kier alpha value is -2.40. The topological polar surface area (TPSA) is 77.2 Å². The summed E-state index contributed by atoms with van der Waals surface area (Å²) >= 11 is 0. The molecule has 0 bridgehead atoms. The quantitative estimate of drug-likeness (QED) is 0.766. The van der Waals surface area contributed by atoms with Crippen molar-refractivity contribution in [2.24, 2.45) is 5.73 Å². The van der Waals surface area contributed by atoms with Crippen molar-refractivity contribution >= 4 is 5.91 Å². The Kier molecular flexibility index (Phi) is 5.29. The number of nitrogens with two attached hydrogens (primary N) is 1. The molecule has 0 spiro atoms. The minimum atomic E-state index is -0.455. The number of benzene rings is 1. The third kappa shape index (κ3) is 4.57. The summed E-state index contributed by atoms with van der Waals surface area (Å²) in [5.41, 5.74) is 6.75. The largest absolute Gasteiger partial charge is 0.439 e. The summed E-state index contributed by atoms with van der Waals surface area (Å²) in [5.74, 6) is 0.675. The summed E-state index contributed by atoms with van der Waals surface area (Å²) < 4.78 is 5.61. The number of hydrogen-bond acceptors (Lipinski definition) is 4. The Morgan fingerprint density at radius 3 is 2.57 bits per heavy atom. The summed E-state index contributed by atoms with van der Waals surface area (Å²) in [7, 11) is 0. The van der Waals surface area contributed by atoms with Gasteiger partial charge in [-0.2, -0.15) is 0 Å². The second kappa shape index (κ2) is 7.40. The van der Waals surface area contributed by atoms with Gasteiger partial charge in [0.15, 0.2) is 0 Å². The standard InChI is InChI=1S/C16H19N3O2/c1-2-9-18-10-12-3-8-15(19-11-12)21-14-6-4-13(5-7-14)16(17)20/h3-8,11,18H,2,9-10H2,1H3,(H2,17,20). The first-order valence-electron chi connectivity index (χ1n) is 6.92. The number of primary amides is 1. The van der Waals surface area contributed by atoms with Gasteiger partial charge in [0.1, 0.15) is 5.75 Å². The van der Waals surface area contributed by atoms with E-state index in [0.29, 0.717) is 17.2 Å². The second-order valence-corrected chi connectivity index (χ2v) is 4.67. The van der Waals surface area contributed by atoms with Crippen LogP contribution < -0.4 is 15.8 Å². The Bertz CT molecular complexity index is 579. The van der Waals surface area contributed by atoms with Crippen LogP contribution >= 0.6 is 0 Å². The molecule has 1 aromatic heterocycles. The fourth-order valence-electron chi connectivity index (χ4n) is 1.79. The van der Waals surface area contributed by atoms with Gasteiger partial charge in [-0.15, -0.1) is 0 Å². The van der Waals surface area contributed by atoms with E-state index in [0.717, 1.165) is 25.1 Å². The molecule has 110 valence electrons. The van der Waals surface area contributed by atoms with E-state index >= 15 is 0 Å². The van der Waals surface area contributed by atoms with Crippen LogP contribution in [0.25, 0.3) is 0 Å². The third-order valence-electron chi connectivity index (χ3n) is 2.91. The van der Waals surface area contributed by atoms with Crippen LogP contribution in [0.4, 0.5) is 0 Å². The van der Waals surface area contributed by atoms with Crippen LogP contribution in [0.15, 0.2) is 42.6 Å². The van der Waals surface area contributed by atoms with Gasteiger partial charge in [-0.05, 0) is 42.8 Å². The molecule has 21 heavy (non-hydrogen) atoms. The molecule has 0 unspecified atom stereocenters. The number of aromatic nitrogens is 1. The smallest absolute Gasteiger partial charge is 0.248 e.